The lowest BCUT2D eigenvalue weighted by Crippen LogP contribution is -2.36. The molecular formula is C11H18N4O2. The molecule has 0 spiro atoms. The fourth-order valence-electron chi connectivity index (χ4n) is 1.63. The van der Waals surface area contributed by atoms with E-state index in [0.717, 1.165) is 18.7 Å². The highest BCUT2D eigenvalue weighted by Crippen LogP contribution is 2.38. The van der Waals surface area contributed by atoms with Crippen LogP contribution in [0.3, 0.4) is 0 Å². The van der Waals surface area contributed by atoms with Gasteiger partial charge in [0.25, 0.3) is 0 Å². The van der Waals surface area contributed by atoms with E-state index < -0.39 is 0 Å². The van der Waals surface area contributed by atoms with Crippen molar-refractivity contribution < 1.29 is 9.32 Å². The fraction of sp³-hybridized carbons (Fsp3) is 0.727. The summed E-state index contributed by atoms with van der Waals surface area (Å²) in [5.41, 5.74) is 5.28. The van der Waals surface area contributed by atoms with Gasteiger partial charge in [0.1, 0.15) is 6.04 Å². The number of aromatic nitrogens is 2. The molecule has 6 nitrogen and oxygen atoms in total. The number of hydrogen-bond donors (Lipinski definition) is 2. The van der Waals surface area contributed by atoms with Crippen LogP contribution in [0.15, 0.2) is 4.52 Å². The molecule has 0 saturated heterocycles. The van der Waals surface area contributed by atoms with Crippen LogP contribution in [0.5, 0.6) is 0 Å². The molecule has 1 amide bonds. The van der Waals surface area contributed by atoms with E-state index in [4.69, 9.17) is 10.3 Å². The van der Waals surface area contributed by atoms with Gasteiger partial charge >= 0.3 is 0 Å². The van der Waals surface area contributed by atoms with Crippen LogP contribution >= 0.6 is 0 Å². The third-order valence-electron chi connectivity index (χ3n) is 2.83. The van der Waals surface area contributed by atoms with Crippen LogP contribution in [-0.4, -0.2) is 22.6 Å². The summed E-state index contributed by atoms with van der Waals surface area (Å²) in [5, 5.41) is 6.74. The average molecular weight is 238 g/mol. The molecular weight excluding hydrogens is 220 g/mol. The van der Waals surface area contributed by atoms with Crippen LogP contribution in [0.4, 0.5) is 0 Å². The van der Waals surface area contributed by atoms with Crippen LogP contribution in [0, 0.1) is 5.92 Å². The van der Waals surface area contributed by atoms with Crippen molar-refractivity contribution >= 4 is 5.91 Å². The van der Waals surface area contributed by atoms with E-state index in [-0.39, 0.29) is 24.4 Å². The molecule has 0 bridgehead atoms. The third-order valence-corrected chi connectivity index (χ3v) is 2.83. The van der Waals surface area contributed by atoms with Crippen LogP contribution in [0.25, 0.3) is 0 Å². The number of carbonyl (C=O) groups excluding carboxylic acids is 1. The maximum absolute atomic E-state index is 11.3. The van der Waals surface area contributed by atoms with Crippen molar-refractivity contribution in [3.8, 4) is 0 Å². The maximum Gasteiger partial charge on any atom is 0.249 e. The summed E-state index contributed by atoms with van der Waals surface area (Å²) < 4.78 is 5.22. The molecule has 1 aromatic heterocycles. The summed E-state index contributed by atoms with van der Waals surface area (Å²) in [6, 6.07) is -0.258. The van der Waals surface area contributed by atoms with E-state index in [1.807, 2.05) is 13.8 Å². The first kappa shape index (κ1) is 12.0. The van der Waals surface area contributed by atoms with E-state index in [1.165, 1.54) is 0 Å². The molecule has 1 heterocycles. The number of carbonyl (C=O) groups is 1. The second kappa shape index (κ2) is 4.83. The minimum absolute atomic E-state index is 0.0349. The molecule has 1 aromatic rings. The van der Waals surface area contributed by atoms with E-state index in [0.29, 0.717) is 11.8 Å². The number of nitrogens with one attached hydrogen (secondary N) is 1. The zero-order valence-electron chi connectivity index (χ0n) is 10.1. The van der Waals surface area contributed by atoms with Crippen LogP contribution in [0.2, 0.25) is 0 Å². The summed E-state index contributed by atoms with van der Waals surface area (Å²) in [6.45, 7) is 3.94. The second-order valence-electron chi connectivity index (χ2n) is 4.76. The van der Waals surface area contributed by atoms with Gasteiger partial charge in [-0.15, -0.1) is 0 Å². The van der Waals surface area contributed by atoms with Gasteiger partial charge in [0.2, 0.25) is 11.8 Å². The Morgan fingerprint density at radius 3 is 2.82 bits per heavy atom. The minimum Gasteiger partial charge on any atom is -0.343 e. The van der Waals surface area contributed by atoms with Crippen molar-refractivity contribution in [3.63, 3.8) is 0 Å². The summed E-state index contributed by atoms with van der Waals surface area (Å²) >= 11 is 0. The zero-order chi connectivity index (χ0) is 12.4. The molecule has 1 aliphatic carbocycles. The van der Waals surface area contributed by atoms with Crippen molar-refractivity contribution in [3.05, 3.63) is 11.7 Å². The lowest BCUT2D eigenvalue weighted by molar-refractivity contribution is -0.121. The molecule has 2 rings (SSSR count). The monoisotopic (exact) mass is 238 g/mol. The van der Waals surface area contributed by atoms with Crippen LogP contribution in [0.1, 0.15) is 50.4 Å². The van der Waals surface area contributed by atoms with Gasteiger partial charge in [0.15, 0.2) is 5.82 Å². The largest absolute Gasteiger partial charge is 0.343 e. The van der Waals surface area contributed by atoms with Crippen LogP contribution in [-0.2, 0) is 4.79 Å². The standard InChI is InChI=1S/C11H18N4O2/c1-6(2)9(13-8(16)5-12)11-14-10(15-17-11)7-3-4-7/h6-7,9H,3-5,12H2,1-2H3,(H,13,16). The van der Waals surface area contributed by atoms with Gasteiger partial charge in [-0.1, -0.05) is 19.0 Å². The topological polar surface area (TPSA) is 94.0 Å². The van der Waals surface area contributed by atoms with Gasteiger partial charge in [0.05, 0.1) is 6.54 Å². The van der Waals surface area contributed by atoms with Crippen molar-refractivity contribution in [2.75, 3.05) is 6.54 Å². The summed E-state index contributed by atoms with van der Waals surface area (Å²) in [5.74, 6) is 1.65. The Kier molecular flexibility index (Phi) is 3.42. The smallest absolute Gasteiger partial charge is 0.249 e. The highest BCUT2D eigenvalue weighted by Gasteiger charge is 2.31. The molecule has 1 fully saturated rings. The van der Waals surface area contributed by atoms with Gasteiger partial charge in [-0.2, -0.15) is 4.98 Å². The maximum atomic E-state index is 11.3. The van der Waals surface area contributed by atoms with Crippen LogP contribution < -0.4 is 11.1 Å². The predicted octanol–water partition coefficient (Wildman–Crippen LogP) is 0.719. The first-order valence-electron chi connectivity index (χ1n) is 5.94. The number of amides is 1. The Morgan fingerprint density at radius 2 is 2.29 bits per heavy atom. The third kappa shape index (κ3) is 2.82. The van der Waals surface area contributed by atoms with Crippen molar-refractivity contribution in [1.82, 2.24) is 15.5 Å². The fourth-order valence-corrected chi connectivity index (χ4v) is 1.63. The Bertz CT molecular complexity index is 398. The average Bonchev–Trinajstić information content (AvgIpc) is 3.04. The quantitative estimate of drug-likeness (QED) is 0.788. The Hall–Kier alpha value is -1.43. The minimum atomic E-state index is -0.258. The van der Waals surface area contributed by atoms with Gasteiger partial charge < -0.3 is 15.6 Å². The molecule has 0 radical (unpaired) electrons. The lowest BCUT2D eigenvalue weighted by atomic mass is 10.0. The molecule has 1 aliphatic rings. The highest BCUT2D eigenvalue weighted by atomic mass is 16.5. The molecule has 17 heavy (non-hydrogen) atoms. The van der Waals surface area contributed by atoms with Gasteiger partial charge in [-0.25, -0.2) is 0 Å². The van der Waals surface area contributed by atoms with E-state index in [2.05, 4.69) is 15.5 Å². The molecule has 1 atom stereocenters. The molecule has 0 aliphatic heterocycles. The van der Waals surface area contributed by atoms with E-state index in [1.54, 1.807) is 0 Å². The first-order valence-corrected chi connectivity index (χ1v) is 5.94. The normalized spacial score (nSPS) is 17.2. The van der Waals surface area contributed by atoms with Gasteiger partial charge in [-0.05, 0) is 18.8 Å². The highest BCUT2D eigenvalue weighted by molar-refractivity contribution is 5.78. The van der Waals surface area contributed by atoms with Gasteiger partial charge in [0, 0.05) is 5.92 Å². The summed E-state index contributed by atoms with van der Waals surface area (Å²) in [4.78, 5) is 15.7. The zero-order valence-corrected chi connectivity index (χ0v) is 10.1. The first-order chi connectivity index (χ1) is 8.11. The molecule has 1 unspecified atom stereocenters. The molecule has 6 heteroatoms. The lowest BCUT2D eigenvalue weighted by Gasteiger charge is -2.17. The Balaban J connectivity index is 2.10. The van der Waals surface area contributed by atoms with Crippen molar-refractivity contribution in [2.45, 2.75) is 38.6 Å². The summed E-state index contributed by atoms with van der Waals surface area (Å²) in [7, 11) is 0. The Labute approximate surface area is 99.9 Å². The van der Waals surface area contributed by atoms with E-state index >= 15 is 0 Å². The van der Waals surface area contributed by atoms with Crippen molar-refractivity contribution in [2.24, 2.45) is 11.7 Å². The number of rotatable bonds is 5. The molecule has 1 saturated carbocycles. The predicted molar refractivity (Wildman–Crippen MR) is 61.0 cm³/mol. The molecule has 94 valence electrons. The summed E-state index contributed by atoms with van der Waals surface area (Å²) in [6.07, 6.45) is 2.25. The van der Waals surface area contributed by atoms with Crippen molar-refractivity contribution in [1.29, 1.82) is 0 Å². The SMILES string of the molecule is CC(C)C(NC(=O)CN)c1nc(C2CC2)no1. The number of nitrogens with two attached hydrogens (primary N) is 1. The Morgan fingerprint density at radius 1 is 1.59 bits per heavy atom. The number of nitrogens with zero attached hydrogens (tertiary/aromatic N) is 2. The number of hydrogen-bond acceptors (Lipinski definition) is 5. The second-order valence-corrected chi connectivity index (χ2v) is 4.76. The van der Waals surface area contributed by atoms with Gasteiger partial charge in [-0.3, -0.25) is 4.79 Å². The molecule has 3 N–H and O–H groups in total. The molecule has 0 aromatic carbocycles. The van der Waals surface area contributed by atoms with E-state index in [9.17, 15) is 4.79 Å².